The largest absolute Gasteiger partial charge is 0.356 e. The predicted molar refractivity (Wildman–Crippen MR) is 99.0 cm³/mol. The van der Waals surface area contributed by atoms with Gasteiger partial charge >= 0.3 is 0 Å². The number of aryl methyl sites for hydroxylation is 1. The van der Waals surface area contributed by atoms with E-state index in [1.54, 1.807) is 0 Å². The van der Waals surface area contributed by atoms with Crippen LogP contribution in [-0.2, 0) is 11.2 Å². The van der Waals surface area contributed by atoms with E-state index >= 15 is 0 Å². The number of nitrogens with one attached hydrogen (secondary N) is 2. The molecule has 0 aromatic heterocycles. The molecule has 0 saturated carbocycles. The summed E-state index contributed by atoms with van der Waals surface area (Å²) < 4.78 is 0. The maximum atomic E-state index is 12.4. The third-order valence-electron chi connectivity index (χ3n) is 4.73. The fourth-order valence-corrected chi connectivity index (χ4v) is 3.08. The second-order valence-corrected chi connectivity index (χ2v) is 7.13. The van der Waals surface area contributed by atoms with Crippen LogP contribution in [0, 0.1) is 11.3 Å². The maximum absolute atomic E-state index is 12.4. The van der Waals surface area contributed by atoms with Crippen LogP contribution in [0.4, 0.5) is 0 Å². The molecule has 0 spiro atoms. The van der Waals surface area contributed by atoms with Gasteiger partial charge in [0.2, 0.25) is 5.91 Å². The number of carbonyl (C=O) groups is 1. The highest BCUT2D eigenvalue weighted by Gasteiger charge is 2.26. The molecule has 1 amide bonds. The van der Waals surface area contributed by atoms with Crippen LogP contribution >= 0.6 is 12.4 Å². The minimum atomic E-state index is -0.275. The SMILES string of the molecule is CC(C)(CCCc1ccccc1)C(=O)NCCC1CCNC1.Cl. The van der Waals surface area contributed by atoms with Crippen molar-refractivity contribution in [3.63, 3.8) is 0 Å². The van der Waals surface area contributed by atoms with Crippen LogP contribution in [0.15, 0.2) is 30.3 Å². The monoisotopic (exact) mass is 338 g/mol. The van der Waals surface area contributed by atoms with Crippen LogP contribution in [-0.4, -0.2) is 25.5 Å². The summed E-state index contributed by atoms with van der Waals surface area (Å²) in [4.78, 5) is 12.4. The van der Waals surface area contributed by atoms with Crippen LogP contribution in [0.3, 0.4) is 0 Å². The van der Waals surface area contributed by atoms with Gasteiger partial charge < -0.3 is 10.6 Å². The van der Waals surface area contributed by atoms with E-state index in [4.69, 9.17) is 0 Å². The average Bonchev–Trinajstić information content (AvgIpc) is 3.01. The van der Waals surface area contributed by atoms with Crippen LogP contribution in [0.5, 0.6) is 0 Å². The van der Waals surface area contributed by atoms with Gasteiger partial charge in [0, 0.05) is 12.0 Å². The van der Waals surface area contributed by atoms with E-state index in [2.05, 4.69) is 48.7 Å². The molecule has 1 aliphatic heterocycles. The molecule has 23 heavy (non-hydrogen) atoms. The summed E-state index contributed by atoms with van der Waals surface area (Å²) in [7, 11) is 0. The predicted octanol–water partition coefficient (Wildman–Crippen LogP) is 3.57. The first-order valence-electron chi connectivity index (χ1n) is 8.61. The molecule has 0 bridgehead atoms. The number of carbonyl (C=O) groups excluding carboxylic acids is 1. The van der Waals surface area contributed by atoms with Gasteiger partial charge in [-0.3, -0.25) is 4.79 Å². The van der Waals surface area contributed by atoms with Crippen LogP contribution in [0.25, 0.3) is 0 Å². The van der Waals surface area contributed by atoms with Crippen LogP contribution < -0.4 is 10.6 Å². The lowest BCUT2D eigenvalue weighted by atomic mass is 9.85. The van der Waals surface area contributed by atoms with Gasteiger partial charge in [0.1, 0.15) is 0 Å². The van der Waals surface area contributed by atoms with E-state index < -0.39 is 0 Å². The highest BCUT2D eigenvalue weighted by molar-refractivity contribution is 5.85. The molecule has 2 rings (SSSR count). The quantitative estimate of drug-likeness (QED) is 0.760. The Balaban J connectivity index is 0.00000264. The summed E-state index contributed by atoms with van der Waals surface area (Å²) in [5.41, 5.74) is 1.08. The van der Waals surface area contributed by atoms with Crippen molar-refractivity contribution in [1.29, 1.82) is 0 Å². The van der Waals surface area contributed by atoms with Gasteiger partial charge in [0.15, 0.2) is 0 Å². The molecule has 1 atom stereocenters. The minimum Gasteiger partial charge on any atom is -0.356 e. The Morgan fingerprint density at radius 2 is 2.04 bits per heavy atom. The molecule has 4 heteroatoms. The van der Waals surface area contributed by atoms with E-state index in [9.17, 15) is 4.79 Å². The maximum Gasteiger partial charge on any atom is 0.225 e. The average molecular weight is 339 g/mol. The number of hydrogen-bond acceptors (Lipinski definition) is 2. The Kier molecular flexibility index (Phi) is 8.64. The highest BCUT2D eigenvalue weighted by atomic mass is 35.5. The van der Waals surface area contributed by atoms with Gasteiger partial charge in [-0.1, -0.05) is 44.2 Å². The zero-order valence-electron chi connectivity index (χ0n) is 14.4. The van der Waals surface area contributed by atoms with Crippen molar-refractivity contribution in [2.75, 3.05) is 19.6 Å². The van der Waals surface area contributed by atoms with Gasteiger partial charge in [0.25, 0.3) is 0 Å². The van der Waals surface area contributed by atoms with Crippen molar-refractivity contribution in [1.82, 2.24) is 10.6 Å². The van der Waals surface area contributed by atoms with Gasteiger partial charge in [-0.15, -0.1) is 12.4 Å². The van der Waals surface area contributed by atoms with E-state index in [1.807, 2.05) is 6.07 Å². The van der Waals surface area contributed by atoms with Gasteiger partial charge in [0.05, 0.1) is 0 Å². The highest BCUT2D eigenvalue weighted by Crippen LogP contribution is 2.24. The van der Waals surface area contributed by atoms with E-state index in [1.165, 1.54) is 12.0 Å². The van der Waals surface area contributed by atoms with Crippen LogP contribution in [0.1, 0.15) is 45.1 Å². The number of rotatable bonds is 8. The molecule has 0 radical (unpaired) electrons. The van der Waals surface area contributed by atoms with E-state index in [0.29, 0.717) is 0 Å². The summed E-state index contributed by atoms with van der Waals surface area (Å²) >= 11 is 0. The molecule has 1 aromatic rings. The summed E-state index contributed by atoms with van der Waals surface area (Å²) in [5, 5.41) is 6.50. The van der Waals surface area contributed by atoms with Gasteiger partial charge in [-0.05, 0) is 56.7 Å². The lowest BCUT2D eigenvalue weighted by Crippen LogP contribution is -2.38. The molecule has 1 aromatic carbocycles. The van der Waals surface area contributed by atoms with Crippen molar-refractivity contribution in [3.05, 3.63) is 35.9 Å². The molecule has 1 saturated heterocycles. The fraction of sp³-hybridized carbons (Fsp3) is 0.632. The molecule has 0 aliphatic carbocycles. The first-order chi connectivity index (χ1) is 10.6. The molecule has 1 fully saturated rings. The number of halogens is 1. The third kappa shape index (κ3) is 6.92. The van der Waals surface area contributed by atoms with Gasteiger partial charge in [-0.2, -0.15) is 0 Å². The Morgan fingerprint density at radius 3 is 2.70 bits per heavy atom. The number of hydrogen-bond donors (Lipinski definition) is 2. The summed E-state index contributed by atoms with van der Waals surface area (Å²) in [6, 6.07) is 10.5. The van der Waals surface area contributed by atoms with E-state index in [-0.39, 0.29) is 23.7 Å². The molecule has 1 aliphatic rings. The first-order valence-corrected chi connectivity index (χ1v) is 8.61. The topological polar surface area (TPSA) is 41.1 Å². The standard InChI is InChI=1S/C19H30N2O.ClH/c1-19(2,12-6-9-16-7-4-3-5-8-16)18(22)21-14-11-17-10-13-20-15-17;/h3-5,7-8,17,20H,6,9-15H2,1-2H3,(H,21,22);1H. The second-order valence-electron chi connectivity index (χ2n) is 7.13. The fourth-order valence-electron chi connectivity index (χ4n) is 3.08. The molecule has 3 nitrogen and oxygen atoms in total. The smallest absolute Gasteiger partial charge is 0.225 e. The Morgan fingerprint density at radius 1 is 1.30 bits per heavy atom. The third-order valence-corrected chi connectivity index (χ3v) is 4.73. The van der Waals surface area contributed by atoms with Crippen LogP contribution in [0.2, 0.25) is 0 Å². The zero-order chi connectivity index (χ0) is 15.8. The normalized spacial score (nSPS) is 17.6. The molecule has 2 N–H and O–H groups in total. The summed E-state index contributed by atoms with van der Waals surface area (Å²) in [5.74, 6) is 0.938. The molecule has 130 valence electrons. The second kappa shape index (κ2) is 9.94. The molecule has 1 unspecified atom stereocenters. The van der Waals surface area contributed by atoms with Crippen molar-refractivity contribution >= 4 is 18.3 Å². The minimum absolute atomic E-state index is 0. The Bertz CT molecular complexity index is 456. The van der Waals surface area contributed by atoms with Crippen molar-refractivity contribution < 1.29 is 4.79 Å². The van der Waals surface area contributed by atoms with E-state index in [0.717, 1.165) is 51.2 Å². The lowest BCUT2D eigenvalue weighted by Gasteiger charge is -2.24. The number of amides is 1. The molecular formula is C19H31ClN2O. The summed E-state index contributed by atoms with van der Waals surface area (Å²) in [6.07, 6.45) is 5.37. The zero-order valence-corrected chi connectivity index (χ0v) is 15.3. The van der Waals surface area contributed by atoms with Crippen molar-refractivity contribution in [2.24, 2.45) is 11.3 Å². The van der Waals surface area contributed by atoms with Gasteiger partial charge in [-0.25, -0.2) is 0 Å². The van der Waals surface area contributed by atoms with Crippen molar-refractivity contribution in [2.45, 2.75) is 46.0 Å². The Hall–Kier alpha value is -1.06. The first kappa shape index (κ1) is 20.0. The van der Waals surface area contributed by atoms with Crippen molar-refractivity contribution in [3.8, 4) is 0 Å². The lowest BCUT2D eigenvalue weighted by molar-refractivity contribution is -0.129. The summed E-state index contributed by atoms with van der Waals surface area (Å²) in [6.45, 7) is 7.17. The molecular weight excluding hydrogens is 308 g/mol. The Labute approximate surface area is 147 Å². The number of benzene rings is 1. The molecule has 1 heterocycles.